The molecule has 2 aliphatic heterocycles. The zero-order chi connectivity index (χ0) is 18.6. The van der Waals surface area contributed by atoms with Crippen LogP contribution in [-0.2, 0) is 21.4 Å². The second-order valence-electron chi connectivity index (χ2n) is 9.67. The largest absolute Gasteiger partial charge is 0.341 e. The highest BCUT2D eigenvalue weighted by molar-refractivity contribution is 5.86. The van der Waals surface area contributed by atoms with Crippen LogP contribution in [0.4, 0.5) is 0 Å². The van der Waals surface area contributed by atoms with Crippen LogP contribution in [0.2, 0.25) is 0 Å². The number of rotatable bonds is 3. The van der Waals surface area contributed by atoms with E-state index >= 15 is 0 Å². The van der Waals surface area contributed by atoms with Crippen molar-refractivity contribution in [3.63, 3.8) is 0 Å². The van der Waals surface area contributed by atoms with Gasteiger partial charge < -0.3 is 9.80 Å². The Morgan fingerprint density at radius 3 is 2.63 bits per heavy atom. The van der Waals surface area contributed by atoms with Gasteiger partial charge in [0.15, 0.2) is 0 Å². The Balaban J connectivity index is 1.21. The molecule has 27 heavy (non-hydrogen) atoms. The molecule has 0 bridgehead atoms. The van der Waals surface area contributed by atoms with E-state index in [4.69, 9.17) is 0 Å². The van der Waals surface area contributed by atoms with Gasteiger partial charge in [-0.2, -0.15) is 0 Å². The second kappa shape index (κ2) is 6.08. The Morgan fingerprint density at radius 2 is 1.89 bits per heavy atom. The average molecular weight is 367 g/mol. The lowest BCUT2D eigenvalue weighted by Gasteiger charge is -2.40. The van der Waals surface area contributed by atoms with Crippen molar-refractivity contribution in [2.45, 2.75) is 57.3 Å². The minimum atomic E-state index is 0.108. The molecule has 5 rings (SSSR count). The van der Waals surface area contributed by atoms with E-state index in [2.05, 4.69) is 31.2 Å². The summed E-state index contributed by atoms with van der Waals surface area (Å²) in [5, 5.41) is 0. The van der Waals surface area contributed by atoms with Gasteiger partial charge in [0, 0.05) is 26.1 Å². The van der Waals surface area contributed by atoms with Crippen LogP contribution in [0.5, 0.6) is 0 Å². The molecule has 1 aromatic rings. The van der Waals surface area contributed by atoms with Gasteiger partial charge in [0.1, 0.15) is 0 Å². The molecule has 2 heterocycles. The highest BCUT2D eigenvalue weighted by atomic mass is 16.2. The summed E-state index contributed by atoms with van der Waals surface area (Å²) in [4.78, 5) is 29.1. The Morgan fingerprint density at radius 1 is 1.15 bits per heavy atom. The van der Waals surface area contributed by atoms with E-state index in [0.717, 1.165) is 32.5 Å². The van der Waals surface area contributed by atoms with Crippen LogP contribution in [0.3, 0.4) is 0 Å². The van der Waals surface area contributed by atoms with Crippen molar-refractivity contribution in [1.82, 2.24) is 9.80 Å². The van der Waals surface area contributed by atoms with Crippen molar-refractivity contribution < 1.29 is 9.59 Å². The summed E-state index contributed by atoms with van der Waals surface area (Å²) in [6, 6.07) is 8.84. The van der Waals surface area contributed by atoms with Gasteiger partial charge in [0.25, 0.3) is 0 Å². The fourth-order valence-electron chi connectivity index (χ4n) is 5.97. The number of fused-ring (bicyclic) bond motifs is 2. The van der Waals surface area contributed by atoms with Gasteiger partial charge in [-0.05, 0) is 66.4 Å². The summed E-state index contributed by atoms with van der Waals surface area (Å²) in [5.41, 5.74) is 3.41. The first kappa shape index (κ1) is 17.3. The van der Waals surface area contributed by atoms with Crippen LogP contribution < -0.4 is 0 Å². The Kier molecular flexibility index (Phi) is 3.89. The van der Waals surface area contributed by atoms with E-state index in [1.165, 1.54) is 36.8 Å². The lowest BCUT2D eigenvalue weighted by atomic mass is 9.74. The summed E-state index contributed by atoms with van der Waals surface area (Å²) in [7, 11) is 0. The van der Waals surface area contributed by atoms with Crippen LogP contribution in [0, 0.1) is 11.3 Å². The molecule has 1 spiro atoms. The van der Waals surface area contributed by atoms with Gasteiger partial charge in [0.2, 0.25) is 11.8 Å². The number of nitrogens with zero attached hydrogens (tertiary/aromatic N) is 2. The maximum atomic E-state index is 12.9. The minimum Gasteiger partial charge on any atom is -0.341 e. The molecule has 1 aromatic carbocycles. The van der Waals surface area contributed by atoms with Crippen LogP contribution in [0.25, 0.3) is 0 Å². The lowest BCUT2D eigenvalue weighted by molar-refractivity contribution is -0.139. The normalized spacial score (nSPS) is 29.4. The van der Waals surface area contributed by atoms with Crippen molar-refractivity contribution in [3.05, 3.63) is 35.4 Å². The zero-order valence-electron chi connectivity index (χ0n) is 16.4. The molecule has 4 nitrogen and oxygen atoms in total. The molecule has 0 N–H and O–H groups in total. The third-order valence-corrected chi connectivity index (χ3v) is 7.88. The van der Waals surface area contributed by atoms with Crippen LogP contribution in [0.1, 0.15) is 56.6 Å². The number of carbonyl (C=O) groups excluding carboxylic acids is 2. The molecule has 1 unspecified atom stereocenters. The first-order valence-corrected chi connectivity index (χ1v) is 10.6. The number of carbonyl (C=O) groups is 2. The van der Waals surface area contributed by atoms with Crippen molar-refractivity contribution in [2.24, 2.45) is 11.3 Å². The van der Waals surface area contributed by atoms with Crippen LogP contribution >= 0.6 is 0 Å². The molecule has 2 amide bonds. The topological polar surface area (TPSA) is 40.6 Å². The highest BCUT2D eigenvalue weighted by Crippen LogP contribution is 2.51. The van der Waals surface area contributed by atoms with Crippen LogP contribution in [-0.4, -0.2) is 47.8 Å². The summed E-state index contributed by atoms with van der Waals surface area (Å²) in [6.45, 7) is 4.94. The number of benzene rings is 1. The summed E-state index contributed by atoms with van der Waals surface area (Å²) >= 11 is 0. The molecule has 2 aliphatic carbocycles. The molecule has 3 fully saturated rings. The first-order valence-electron chi connectivity index (χ1n) is 10.6. The molecule has 0 aromatic heterocycles. The first-order chi connectivity index (χ1) is 13.0. The van der Waals surface area contributed by atoms with E-state index in [1.807, 2.05) is 9.80 Å². The summed E-state index contributed by atoms with van der Waals surface area (Å²) < 4.78 is 0. The number of hydrogen-bond donors (Lipinski definition) is 0. The third-order valence-electron chi connectivity index (χ3n) is 7.88. The molecular weight excluding hydrogens is 336 g/mol. The SMILES string of the molecule is CC1(C2CC2)CC(=O)N(CC(=O)N2CCC3(CCc4ccccc43)CC2)C1. The fraction of sp³-hybridized carbons (Fsp3) is 0.652. The van der Waals surface area contributed by atoms with Gasteiger partial charge in [-0.1, -0.05) is 31.2 Å². The van der Waals surface area contributed by atoms with Crippen molar-refractivity contribution in [3.8, 4) is 0 Å². The smallest absolute Gasteiger partial charge is 0.242 e. The average Bonchev–Trinajstić information content (AvgIpc) is 3.42. The van der Waals surface area contributed by atoms with E-state index < -0.39 is 0 Å². The van der Waals surface area contributed by atoms with Gasteiger partial charge in [-0.3, -0.25) is 9.59 Å². The molecule has 1 atom stereocenters. The van der Waals surface area contributed by atoms with Gasteiger partial charge in [0.05, 0.1) is 6.54 Å². The number of hydrogen-bond acceptors (Lipinski definition) is 2. The summed E-state index contributed by atoms with van der Waals surface area (Å²) in [6.07, 6.45) is 7.64. The summed E-state index contributed by atoms with van der Waals surface area (Å²) in [5.74, 6) is 1.01. The number of piperidine rings is 1. The Hall–Kier alpha value is -1.84. The molecule has 4 aliphatic rings. The molecule has 2 saturated heterocycles. The Labute approximate surface area is 161 Å². The van der Waals surface area contributed by atoms with Crippen molar-refractivity contribution >= 4 is 11.8 Å². The van der Waals surface area contributed by atoms with Crippen molar-refractivity contribution in [2.75, 3.05) is 26.2 Å². The predicted octanol–water partition coefficient (Wildman–Crippen LogP) is 3.14. The second-order valence-corrected chi connectivity index (χ2v) is 9.67. The highest BCUT2D eigenvalue weighted by Gasteiger charge is 2.49. The number of amides is 2. The fourth-order valence-corrected chi connectivity index (χ4v) is 5.97. The predicted molar refractivity (Wildman–Crippen MR) is 104 cm³/mol. The molecule has 1 saturated carbocycles. The molecule has 0 radical (unpaired) electrons. The lowest BCUT2D eigenvalue weighted by Crippen LogP contribution is -2.48. The molecular formula is C23H30N2O2. The molecule has 4 heteroatoms. The maximum absolute atomic E-state index is 12.9. The van der Waals surface area contributed by atoms with Gasteiger partial charge in [-0.25, -0.2) is 0 Å². The quantitative estimate of drug-likeness (QED) is 0.825. The van der Waals surface area contributed by atoms with E-state index in [9.17, 15) is 9.59 Å². The van der Waals surface area contributed by atoms with E-state index in [0.29, 0.717) is 12.3 Å². The maximum Gasteiger partial charge on any atom is 0.242 e. The van der Waals surface area contributed by atoms with E-state index in [1.54, 1.807) is 0 Å². The third kappa shape index (κ3) is 2.88. The van der Waals surface area contributed by atoms with Gasteiger partial charge in [-0.15, -0.1) is 0 Å². The number of likely N-dealkylation sites (tertiary alicyclic amines) is 2. The van der Waals surface area contributed by atoms with Crippen molar-refractivity contribution in [1.29, 1.82) is 0 Å². The monoisotopic (exact) mass is 366 g/mol. The number of aryl methyl sites for hydroxylation is 1. The standard InChI is InChI=1S/C23H30N2O2/c1-22(18-6-7-18)14-20(26)25(16-22)15-21(27)24-12-10-23(11-13-24)9-8-17-4-2-3-5-19(17)23/h2-5,18H,6-16H2,1H3. The van der Waals surface area contributed by atoms with Gasteiger partial charge >= 0.3 is 0 Å². The zero-order valence-corrected chi connectivity index (χ0v) is 16.4. The molecule has 144 valence electrons. The van der Waals surface area contributed by atoms with E-state index in [-0.39, 0.29) is 29.2 Å². The minimum absolute atomic E-state index is 0.108. The van der Waals surface area contributed by atoms with Crippen LogP contribution in [0.15, 0.2) is 24.3 Å². The Bertz CT molecular complexity index is 776.